The average Bonchev–Trinajstić information content (AvgIpc) is 3.28. The zero-order valence-electron chi connectivity index (χ0n) is 40.3. The number of aliphatic hydroxyl groups is 3. The summed E-state index contributed by atoms with van der Waals surface area (Å²) < 4.78 is 59.1. The van der Waals surface area contributed by atoms with Gasteiger partial charge in [-0.3, -0.25) is 9.35 Å². The maximum atomic E-state index is 12.8. The summed E-state index contributed by atoms with van der Waals surface area (Å²) in [5.74, 6) is -0.413. The van der Waals surface area contributed by atoms with Gasteiger partial charge in [-0.15, -0.1) is 0 Å². The Morgan fingerprint density at radius 2 is 1.06 bits per heavy atom. The number of allylic oxidation sites excluding steroid dienone is 12. The minimum atomic E-state index is -5.07. The SMILES string of the molecule is CC/C=C\C/C=C\C/C=C\C/C=C\C/C=C\CCCCCCCCCCCCOCC(COC1OC(CO)C(O)C(OS(=O)(=O)O)C1O)OC(=O)CCCCCCC/C=C\CCCCC. The molecule has 0 aliphatic carbocycles. The maximum absolute atomic E-state index is 12.8. The number of carbonyl (C=O) groups is 1. The fraction of sp³-hybridized carbons (Fsp3) is 0.750. The van der Waals surface area contributed by atoms with Crippen molar-refractivity contribution in [2.75, 3.05) is 26.4 Å². The predicted octanol–water partition coefficient (Wildman–Crippen LogP) is 11.5. The van der Waals surface area contributed by atoms with Gasteiger partial charge in [0.15, 0.2) is 6.29 Å². The molecule has 0 spiro atoms. The highest BCUT2D eigenvalue weighted by molar-refractivity contribution is 7.80. The third-order valence-electron chi connectivity index (χ3n) is 11.1. The number of hydrogen-bond donors (Lipinski definition) is 4. The van der Waals surface area contributed by atoms with E-state index in [1.54, 1.807) is 0 Å². The number of carbonyl (C=O) groups excluding carboxylic acids is 1. The molecule has 4 N–H and O–H groups in total. The van der Waals surface area contributed by atoms with Gasteiger partial charge in [0, 0.05) is 13.0 Å². The topological polar surface area (TPSA) is 178 Å². The smallest absolute Gasteiger partial charge is 0.397 e. The summed E-state index contributed by atoms with van der Waals surface area (Å²) in [7, 11) is -5.07. The summed E-state index contributed by atoms with van der Waals surface area (Å²) in [5, 5.41) is 30.7. The molecule has 1 heterocycles. The van der Waals surface area contributed by atoms with E-state index >= 15 is 0 Å². The van der Waals surface area contributed by atoms with Crippen molar-refractivity contribution in [3.63, 3.8) is 0 Å². The lowest BCUT2D eigenvalue weighted by Crippen LogP contribution is -2.60. The van der Waals surface area contributed by atoms with E-state index in [1.165, 1.54) is 64.2 Å². The Bertz CT molecular complexity index is 1410. The Balaban J connectivity index is 2.32. The molecule has 0 amide bonds. The molecule has 1 rings (SSSR count). The molecular formula is C52H90O12S. The minimum absolute atomic E-state index is 0.0264. The van der Waals surface area contributed by atoms with Gasteiger partial charge in [-0.05, 0) is 83.5 Å². The van der Waals surface area contributed by atoms with Crippen molar-refractivity contribution in [3.05, 3.63) is 72.9 Å². The number of ether oxygens (including phenoxy) is 4. The molecule has 12 nitrogen and oxygen atoms in total. The van der Waals surface area contributed by atoms with Gasteiger partial charge >= 0.3 is 16.4 Å². The van der Waals surface area contributed by atoms with Crippen molar-refractivity contribution in [1.82, 2.24) is 0 Å². The molecule has 0 bridgehead atoms. The van der Waals surface area contributed by atoms with Gasteiger partial charge in [-0.2, -0.15) is 8.42 Å². The van der Waals surface area contributed by atoms with Crippen molar-refractivity contribution in [1.29, 1.82) is 0 Å². The standard InChI is InChI=1S/C52H90O12S/c1-3-5-7-9-11-13-15-17-18-19-20-21-22-23-24-25-26-27-28-29-30-32-34-36-38-40-42-60-44-46(62-48(54)41-39-37-35-33-31-16-14-12-10-8-6-4-2)45-61-52-50(56)51(64-65(57,58)59)49(55)47(43-53)63-52/h5,7,11-14,17-18,20-21,23-24,46-47,49-53,55-56H,3-4,6,8-10,15-16,19,22,25-45H2,1-2H3,(H,57,58,59)/b7-5-,13-11-,14-12-,18-17-,21-20-,24-23-. The predicted molar refractivity (Wildman–Crippen MR) is 262 cm³/mol. The van der Waals surface area contributed by atoms with Crippen LogP contribution in [0.5, 0.6) is 0 Å². The Morgan fingerprint density at radius 1 is 0.600 bits per heavy atom. The molecule has 0 radical (unpaired) electrons. The van der Waals surface area contributed by atoms with E-state index in [-0.39, 0.29) is 19.6 Å². The molecule has 1 fully saturated rings. The monoisotopic (exact) mass is 939 g/mol. The van der Waals surface area contributed by atoms with Gasteiger partial charge in [0.1, 0.15) is 30.5 Å². The summed E-state index contributed by atoms with van der Waals surface area (Å²) in [6.45, 7) is 3.82. The quantitative estimate of drug-likeness (QED) is 0.0197. The first-order valence-electron chi connectivity index (χ1n) is 25.2. The minimum Gasteiger partial charge on any atom is -0.457 e. The van der Waals surface area contributed by atoms with E-state index < -0.39 is 59.8 Å². The molecule has 13 heteroatoms. The van der Waals surface area contributed by atoms with Crippen LogP contribution in [-0.2, 0) is 38.3 Å². The zero-order valence-corrected chi connectivity index (χ0v) is 41.1. The molecule has 0 saturated carbocycles. The van der Waals surface area contributed by atoms with Gasteiger partial charge in [0.25, 0.3) is 0 Å². The van der Waals surface area contributed by atoms with Crippen LogP contribution in [0.15, 0.2) is 72.9 Å². The fourth-order valence-corrected chi connectivity index (χ4v) is 7.79. The van der Waals surface area contributed by atoms with Gasteiger partial charge < -0.3 is 34.3 Å². The van der Waals surface area contributed by atoms with E-state index in [2.05, 4.69) is 90.9 Å². The molecular weight excluding hydrogens is 849 g/mol. The molecule has 65 heavy (non-hydrogen) atoms. The van der Waals surface area contributed by atoms with Crippen molar-refractivity contribution < 1.29 is 56.2 Å². The number of unbranched alkanes of at least 4 members (excludes halogenated alkanes) is 18. The number of rotatable bonds is 43. The van der Waals surface area contributed by atoms with Crippen LogP contribution < -0.4 is 0 Å². The van der Waals surface area contributed by atoms with Crippen molar-refractivity contribution in [2.45, 2.75) is 224 Å². The first-order valence-corrected chi connectivity index (χ1v) is 26.6. The molecule has 1 aliphatic heterocycles. The first-order chi connectivity index (χ1) is 31.6. The van der Waals surface area contributed by atoms with Crippen LogP contribution in [0.4, 0.5) is 0 Å². The normalized spacial score (nSPS) is 20.2. The number of aliphatic hydroxyl groups excluding tert-OH is 3. The molecule has 6 atom stereocenters. The molecule has 0 aromatic rings. The summed E-state index contributed by atoms with van der Waals surface area (Å²) in [5.41, 5.74) is 0. The molecule has 0 aromatic carbocycles. The Morgan fingerprint density at radius 3 is 1.57 bits per heavy atom. The van der Waals surface area contributed by atoms with Crippen LogP contribution in [0.2, 0.25) is 0 Å². The van der Waals surface area contributed by atoms with Gasteiger partial charge in [0.05, 0.1) is 19.8 Å². The second kappa shape index (κ2) is 42.9. The molecule has 6 unspecified atom stereocenters. The van der Waals surface area contributed by atoms with Crippen molar-refractivity contribution in [2.24, 2.45) is 0 Å². The van der Waals surface area contributed by atoms with E-state index in [4.69, 9.17) is 18.9 Å². The third-order valence-corrected chi connectivity index (χ3v) is 11.5. The van der Waals surface area contributed by atoms with E-state index in [0.717, 1.165) is 96.3 Å². The van der Waals surface area contributed by atoms with Gasteiger partial charge in [-0.1, -0.05) is 170 Å². The van der Waals surface area contributed by atoms with Crippen LogP contribution in [-0.4, -0.2) is 97.5 Å². The molecule has 376 valence electrons. The molecule has 1 saturated heterocycles. The van der Waals surface area contributed by atoms with Gasteiger partial charge in [-0.25, -0.2) is 4.18 Å². The highest BCUT2D eigenvalue weighted by Crippen LogP contribution is 2.26. The summed E-state index contributed by atoms with van der Waals surface area (Å²) in [6, 6.07) is 0. The summed E-state index contributed by atoms with van der Waals surface area (Å²) in [4.78, 5) is 12.8. The molecule has 1 aliphatic rings. The first kappa shape index (κ1) is 60.6. The van der Waals surface area contributed by atoms with Crippen LogP contribution in [0, 0.1) is 0 Å². The van der Waals surface area contributed by atoms with Crippen molar-refractivity contribution >= 4 is 16.4 Å². The number of hydrogen-bond acceptors (Lipinski definition) is 11. The summed E-state index contributed by atoms with van der Waals surface area (Å²) in [6.07, 6.45) is 46.5. The Kier molecular flexibility index (Phi) is 39.9. The lowest BCUT2D eigenvalue weighted by molar-refractivity contribution is -0.301. The maximum Gasteiger partial charge on any atom is 0.397 e. The molecule has 0 aromatic heterocycles. The highest BCUT2D eigenvalue weighted by atomic mass is 32.3. The van der Waals surface area contributed by atoms with Crippen LogP contribution in [0.1, 0.15) is 187 Å². The second-order valence-corrected chi connectivity index (χ2v) is 18.1. The lowest BCUT2D eigenvalue weighted by Gasteiger charge is -2.41. The number of esters is 1. The Labute approximate surface area is 394 Å². The zero-order chi connectivity index (χ0) is 47.5. The lowest BCUT2D eigenvalue weighted by atomic mass is 9.99. The van der Waals surface area contributed by atoms with Crippen molar-refractivity contribution in [3.8, 4) is 0 Å². The van der Waals surface area contributed by atoms with Crippen LogP contribution in [0.25, 0.3) is 0 Å². The highest BCUT2D eigenvalue weighted by Gasteiger charge is 2.48. The van der Waals surface area contributed by atoms with E-state index in [1.807, 2.05) is 0 Å². The third kappa shape index (κ3) is 36.3. The van der Waals surface area contributed by atoms with Gasteiger partial charge in [0.2, 0.25) is 0 Å². The Hall–Kier alpha value is -2.46. The summed E-state index contributed by atoms with van der Waals surface area (Å²) >= 11 is 0. The fourth-order valence-electron chi connectivity index (χ4n) is 7.28. The second-order valence-electron chi connectivity index (χ2n) is 17.0. The van der Waals surface area contributed by atoms with E-state index in [9.17, 15) is 33.1 Å². The largest absolute Gasteiger partial charge is 0.457 e. The van der Waals surface area contributed by atoms with Crippen LogP contribution >= 0.6 is 0 Å². The average molecular weight is 939 g/mol. The van der Waals surface area contributed by atoms with E-state index in [0.29, 0.717) is 13.0 Å². The van der Waals surface area contributed by atoms with Crippen LogP contribution in [0.3, 0.4) is 0 Å².